The first-order valence-electron chi connectivity index (χ1n) is 5.87. The molecule has 0 bridgehead atoms. The van der Waals surface area contributed by atoms with Crippen LogP contribution in [0.4, 0.5) is 0 Å². The third kappa shape index (κ3) is 3.22. The molecular weight excluding hydrogens is 258 g/mol. The van der Waals surface area contributed by atoms with Crippen LogP contribution in [-0.2, 0) is 19.4 Å². The van der Waals surface area contributed by atoms with E-state index in [1.165, 1.54) is 18.7 Å². The average Bonchev–Trinajstić information content (AvgIpc) is 2.59. The van der Waals surface area contributed by atoms with Crippen LogP contribution in [0.2, 0.25) is 0 Å². The van der Waals surface area contributed by atoms with Crippen molar-refractivity contribution in [1.82, 2.24) is 4.90 Å². The molecule has 18 heavy (non-hydrogen) atoms. The first-order valence-corrected chi connectivity index (χ1v) is 7.59. The normalized spacial score (nSPS) is 24.6. The van der Waals surface area contributed by atoms with Crippen molar-refractivity contribution in [1.29, 1.82) is 0 Å². The van der Waals surface area contributed by atoms with E-state index in [-0.39, 0.29) is 12.5 Å². The van der Waals surface area contributed by atoms with Crippen LogP contribution in [-0.4, -0.2) is 54.4 Å². The maximum Gasteiger partial charge on any atom is 0.308 e. The van der Waals surface area contributed by atoms with Crippen LogP contribution in [0.15, 0.2) is 0 Å². The van der Waals surface area contributed by atoms with Gasteiger partial charge in [0.2, 0.25) is 5.91 Å². The Morgan fingerprint density at radius 1 is 1.33 bits per heavy atom. The molecule has 1 aliphatic heterocycles. The molecular formula is C11H19NO5S. The van der Waals surface area contributed by atoms with Crippen LogP contribution in [0.5, 0.6) is 0 Å². The maximum absolute atomic E-state index is 11.8. The molecule has 0 spiro atoms. The highest BCUT2D eigenvalue weighted by Gasteiger charge is 2.38. The minimum atomic E-state index is -3.43. The first-order chi connectivity index (χ1) is 8.15. The van der Waals surface area contributed by atoms with Crippen LogP contribution < -0.4 is 0 Å². The van der Waals surface area contributed by atoms with Gasteiger partial charge in [0.25, 0.3) is 0 Å². The summed E-state index contributed by atoms with van der Waals surface area (Å²) >= 11 is 0. The Labute approximate surface area is 107 Å². The van der Waals surface area contributed by atoms with Gasteiger partial charge >= 0.3 is 5.97 Å². The minimum absolute atomic E-state index is 0.100. The molecule has 0 unspecified atom stereocenters. The van der Waals surface area contributed by atoms with Crippen molar-refractivity contribution in [2.75, 3.05) is 18.8 Å². The summed E-state index contributed by atoms with van der Waals surface area (Å²) < 4.78 is 23.3. The third-order valence-corrected chi connectivity index (χ3v) is 5.41. The van der Waals surface area contributed by atoms with Crippen LogP contribution in [0.1, 0.15) is 20.8 Å². The summed E-state index contributed by atoms with van der Waals surface area (Å²) in [5.74, 6) is -2.73. The van der Waals surface area contributed by atoms with E-state index in [0.717, 1.165) is 0 Å². The number of carboxylic acids is 1. The summed E-state index contributed by atoms with van der Waals surface area (Å²) in [5, 5.41) is 8.35. The van der Waals surface area contributed by atoms with Gasteiger partial charge < -0.3 is 10.0 Å². The van der Waals surface area contributed by atoms with Gasteiger partial charge in [-0.05, 0) is 19.8 Å². The molecule has 0 aromatic rings. The molecule has 7 heteroatoms. The lowest BCUT2D eigenvalue weighted by molar-refractivity contribution is -0.142. The van der Waals surface area contributed by atoms with Crippen molar-refractivity contribution in [3.8, 4) is 0 Å². The fourth-order valence-electron chi connectivity index (χ4n) is 1.92. The molecule has 104 valence electrons. The molecule has 1 rings (SSSR count). The zero-order chi connectivity index (χ0) is 14.1. The molecule has 0 radical (unpaired) electrons. The van der Waals surface area contributed by atoms with Crippen LogP contribution >= 0.6 is 0 Å². The molecule has 1 saturated heterocycles. The van der Waals surface area contributed by atoms with Crippen LogP contribution in [0, 0.1) is 11.8 Å². The molecule has 2 atom stereocenters. The Hall–Kier alpha value is -1.11. The van der Waals surface area contributed by atoms with Crippen molar-refractivity contribution in [3.63, 3.8) is 0 Å². The van der Waals surface area contributed by atoms with E-state index >= 15 is 0 Å². The van der Waals surface area contributed by atoms with Crippen molar-refractivity contribution < 1.29 is 23.1 Å². The molecule has 0 aromatic heterocycles. The molecule has 0 aromatic carbocycles. The number of likely N-dealkylation sites (tertiary alicyclic amines) is 1. The highest BCUT2D eigenvalue weighted by Crippen LogP contribution is 2.23. The van der Waals surface area contributed by atoms with E-state index in [1.54, 1.807) is 6.92 Å². The summed E-state index contributed by atoms with van der Waals surface area (Å²) in [6, 6.07) is 0. The van der Waals surface area contributed by atoms with Gasteiger partial charge in [0.05, 0.1) is 11.2 Å². The number of carbonyl (C=O) groups excluding carboxylic acids is 1. The predicted octanol–water partition coefficient (Wildman–Crippen LogP) is -0.0113. The summed E-state index contributed by atoms with van der Waals surface area (Å²) in [6.45, 7) is 5.21. The smallest absolute Gasteiger partial charge is 0.308 e. The molecule has 0 saturated carbocycles. The summed E-state index contributed by atoms with van der Waals surface area (Å²) in [4.78, 5) is 24.1. The fraction of sp³-hybridized carbons (Fsp3) is 0.818. The number of carbonyl (C=O) groups is 2. The maximum atomic E-state index is 11.8. The van der Waals surface area contributed by atoms with Gasteiger partial charge in [-0.25, -0.2) is 8.42 Å². The Morgan fingerprint density at radius 2 is 1.89 bits per heavy atom. The first kappa shape index (κ1) is 14.9. The van der Waals surface area contributed by atoms with Crippen molar-refractivity contribution >= 4 is 21.7 Å². The number of sulfone groups is 1. The second kappa shape index (κ2) is 5.26. The minimum Gasteiger partial charge on any atom is -0.481 e. The summed E-state index contributed by atoms with van der Waals surface area (Å²) in [7, 11) is -3.43. The van der Waals surface area contributed by atoms with E-state index in [2.05, 4.69) is 0 Å². The molecule has 0 aliphatic carbocycles. The Morgan fingerprint density at radius 3 is 2.28 bits per heavy atom. The molecule has 6 nitrogen and oxygen atoms in total. The number of aliphatic carboxylic acids is 1. The van der Waals surface area contributed by atoms with E-state index in [1.807, 2.05) is 0 Å². The van der Waals surface area contributed by atoms with Crippen molar-refractivity contribution in [2.24, 2.45) is 11.8 Å². The average molecular weight is 277 g/mol. The van der Waals surface area contributed by atoms with E-state index in [4.69, 9.17) is 5.11 Å². The Bertz CT molecular complexity index is 442. The molecule has 1 amide bonds. The number of nitrogens with zero attached hydrogens (tertiary/aromatic N) is 1. The lowest BCUT2D eigenvalue weighted by atomic mass is 9.99. The monoisotopic (exact) mass is 277 g/mol. The standard InChI is InChI=1S/C11H19NO5S/c1-7(2)18(16,17)6-10(13)12-4-8(3)9(5-12)11(14)15/h7-9H,4-6H2,1-3H3,(H,14,15)/t8-,9-/m1/s1. The van der Waals surface area contributed by atoms with E-state index < -0.39 is 38.6 Å². The Balaban J connectivity index is 2.69. The van der Waals surface area contributed by atoms with Gasteiger partial charge in [0.1, 0.15) is 5.75 Å². The third-order valence-electron chi connectivity index (χ3n) is 3.33. The summed E-state index contributed by atoms with van der Waals surface area (Å²) in [5.41, 5.74) is 0. The van der Waals surface area contributed by atoms with Crippen LogP contribution in [0.25, 0.3) is 0 Å². The molecule has 1 N–H and O–H groups in total. The van der Waals surface area contributed by atoms with Crippen molar-refractivity contribution in [2.45, 2.75) is 26.0 Å². The van der Waals surface area contributed by atoms with Gasteiger partial charge in [-0.15, -0.1) is 0 Å². The highest BCUT2D eigenvalue weighted by molar-refractivity contribution is 7.92. The molecule has 1 heterocycles. The number of hydrogen-bond donors (Lipinski definition) is 1. The highest BCUT2D eigenvalue weighted by atomic mass is 32.2. The Kier molecular flexibility index (Phi) is 4.37. The van der Waals surface area contributed by atoms with E-state index in [0.29, 0.717) is 6.54 Å². The van der Waals surface area contributed by atoms with E-state index in [9.17, 15) is 18.0 Å². The number of carboxylic acid groups (broad SMARTS) is 1. The van der Waals surface area contributed by atoms with Gasteiger partial charge in [0.15, 0.2) is 9.84 Å². The largest absolute Gasteiger partial charge is 0.481 e. The van der Waals surface area contributed by atoms with Crippen LogP contribution in [0.3, 0.4) is 0 Å². The lowest BCUT2D eigenvalue weighted by Gasteiger charge is -2.16. The fourth-order valence-corrected chi connectivity index (χ4v) is 2.78. The van der Waals surface area contributed by atoms with Crippen molar-refractivity contribution in [3.05, 3.63) is 0 Å². The quantitative estimate of drug-likeness (QED) is 0.780. The summed E-state index contributed by atoms with van der Waals surface area (Å²) in [6.07, 6.45) is 0. The van der Waals surface area contributed by atoms with Gasteiger partial charge in [-0.2, -0.15) is 0 Å². The zero-order valence-electron chi connectivity index (χ0n) is 10.8. The lowest BCUT2D eigenvalue weighted by Crippen LogP contribution is -2.36. The molecule has 1 fully saturated rings. The second-order valence-electron chi connectivity index (χ2n) is 5.08. The zero-order valence-corrected chi connectivity index (χ0v) is 11.6. The molecule has 1 aliphatic rings. The topological polar surface area (TPSA) is 91.8 Å². The predicted molar refractivity (Wildman–Crippen MR) is 65.8 cm³/mol. The SMILES string of the molecule is CC(C)S(=O)(=O)CC(=O)N1C[C@@H](C)[C@H](C(=O)O)C1. The number of amides is 1. The van der Waals surface area contributed by atoms with Gasteiger partial charge in [0, 0.05) is 13.1 Å². The van der Waals surface area contributed by atoms with Gasteiger partial charge in [-0.3, -0.25) is 9.59 Å². The van der Waals surface area contributed by atoms with Gasteiger partial charge in [-0.1, -0.05) is 6.92 Å². The number of rotatable bonds is 4. The second-order valence-corrected chi connectivity index (χ2v) is 7.63. The number of hydrogen-bond acceptors (Lipinski definition) is 4.